The van der Waals surface area contributed by atoms with Crippen LogP contribution in [0.4, 0.5) is 0 Å². The molecule has 148 valence electrons. The molecule has 0 heterocycles. The van der Waals surface area contributed by atoms with Gasteiger partial charge in [0.15, 0.2) is 0 Å². The van der Waals surface area contributed by atoms with Gasteiger partial charge >= 0.3 is 5.97 Å². The molecule has 2 heteroatoms. The maximum absolute atomic E-state index is 11.3. The van der Waals surface area contributed by atoms with Crippen molar-refractivity contribution in [2.45, 2.75) is 117 Å². The van der Waals surface area contributed by atoms with E-state index in [2.05, 4.69) is 32.9 Å². The van der Waals surface area contributed by atoms with E-state index >= 15 is 0 Å². The molecule has 0 fully saturated rings. The van der Waals surface area contributed by atoms with Crippen LogP contribution in [0.1, 0.15) is 117 Å². The van der Waals surface area contributed by atoms with Gasteiger partial charge in [0.25, 0.3) is 0 Å². The molecule has 0 spiro atoms. The molecule has 0 aliphatic rings. The topological polar surface area (TPSA) is 37.3 Å². The van der Waals surface area contributed by atoms with Crippen LogP contribution in [0, 0.1) is 11.8 Å². The first-order valence-corrected chi connectivity index (χ1v) is 11.0. The number of unbranched alkanes of at least 4 members (excludes halogenated alkanes) is 10. The predicted molar refractivity (Wildman–Crippen MR) is 110 cm³/mol. The largest absolute Gasteiger partial charge is 0.481 e. The molecule has 0 saturated carbocycles. The van der Waals surface area contributed by atoms with Crippen LogP contribution in [0.3, 0.4) is 0 Å². The molecule has 25 heavy (non-hydrogen) atoms. The van der Waals surface area contributed by atoms with Crippen LogP contribution in [-0.4, -0.2) is 11.1 Å². The lowest BCUT2D eigenvalue weighted by molar-refractivity contribution is -0.142. The van der Waals surface area contributed by atoms with Crippen LogP contribution >= 0.6 is 0 Å². The van der Waals surface area contributed by atoms with Crippen LogP contribution in [0.5, 0.6) is 0 Å². The van der Waals surface area contributed by atoms with Crippen molar-refractivity contribution in [2.75, 3.05) is 0 Å². The highest BCUT2D eigenvalue weighted by atomic mass is 16.4. The van der Waals surface area contributed by atoms with Gasteiger partial charge in [-0.2, -0.15) is 0 Å². The molecule has 2 nitrogen and oxygen atoms in total. The lowest BCUT2D eigenvalue weighted by Crippen LogP contribution is -2.14. The van der Waals surface area contributed by atoms with Crippen LogP contribution in [0.25, 0.3) is 0 Å². The van der Waals surface area contributed by atoms with Gasteiger partial charge in [0.05, 0.1) is 5.92 Å². The molecule has 1 atom stereocenters. The normalized spacial score (nSPS) is 13.0. The van der Waals surface area contributed by atoms with E-state index in [0.29, 0.717) is 5.92 Å². The first-order valence-electron chi connectivity index (χ1n) is 11.0. The van der Waals surface area contributed by atoms with Crippen LogP contribution in [0.2, 0.25) is 0 Å². The fraction of sp³-hybridized carbons (Fsp3) is 0.870. The number of hydrogen-bond donors (Lipinski definition) is 1. The summed E-state index contributed by atoms with van der Waals surface area (Å²) in [4.78, 5) is 11.3. The molecule has 1 N–H and O–H groups in total. The molecule has 1 unspecified atom stereocenters. The fourth-order valence-electron chi connectivity index (χ4n) is 3.21. The Kier molecular flexibility index (Phi) is 17.4. The zero-order chi connectivity index (χ0) is 18.8. The van der Waals surface area contributed by atoms with Crippen LogP contribution in [0.15, 0.2) is 12.2 Å². The average molecular weight is 353 g/mol. The monoisotopic (exact) mass is 352 g/mol. The number of carboxylic acid groups (broad SMARTS) is 1. The zero-order valence-electron chi connectivity index (χ0n) is 17.3. The SMILES string of the molecule is CCCCCCCC/C=C\CCCCCCC(CCC(C)C)C(=O)O. The van der Waals surface area contributed by atoms with Crippen molar-refractivity contribution >= 4 is 5.97 Å². The highest BCUT2D eigenvalue weighted by molar-refractivity contribution is 5.69. The Bertz CT molecular complexity index is 320. The Labute approximate surface area is 157 Å². The molecule has 0 aliphatic heterocycles. The predicted octanol–water partition coefficient (Wildman–Crippen LogP) is 7.77. The number of rotatable bonds is 18. The Hall–Kier alpha value is -0.790. The van der Waals surface area contributed by atoms with Gasteiger partial charge in [-0.15, -0.1) is 0 Å². The van der Waals surface area contributed by atoms with E-state index in [1.807, 2.05) is 0 Å². The van der Waals surface area contributed by atoms with E-state index in [1.165, 1.54) is 70.6 Å². The van der Waals surface area contributed by atoms with E-state index in [4.69, 9.17) is 0 Å². The summed E-state index contributed by atoms with van der Waals surface area (Å²) in [6.45, 7) is 6.60. The van der Waals surface area contributed by atoms with Gasteiger partial charge in [-0.25, -0.2) is 0 Å². The van der Waals surface area contributed by atoms with Crippen molar-refractivity contribution in [1.82, 2.24) is 0 Å². The lowest BCUT2D eigenvalue weighted by Gasteiger charge is -2.13. The second kappa shape index (κ2) is 18.0. The fourth-order valence-corrected chi connectivity index (χ4v) is 3.21. The first kappa shape index (κ1) is 24.2. The maximum Gasteiger partial charge on any atom is 0.306 e. The van der Waals surface area contributed by atoms with Gasteiger partial charge in [0.2, 0.25) is 0 Å². The molecular formula is C23H44O2. The molecule has 0 rings (SSSR count). The number of allylic oxidation sites excluding steroid dienone is 2. The van der Waals surface area contributed by atoms with E-state index in [-0.39, 0.29) is 5.92 Å². The van der Waals surface area contributed by atoms with Crippen LogP contribution in [-0.2, 0) is 4.79 Å². The van der Waals surface area contributed by atoms with Gasteiger partial charge in [0, 0.05) is 0 Å². The molecule has 0 aromatic heterocycles. The number of hydrogen-bond acceptors (Lipinski definition) is 1. The first-order chi connectivity index (χ1) is 12.1. The second-order valence-corrected chi connectivity index (χ2v) is 8.03. The van der Waals surface area contributed by atoms with Crippen molar-refractivity contribution < 1.29 is 9.90 Å². The maximum atomic E-state index is 11.3. The van der Waals surface area contributed by atoms with Crippen molar-refractivity contribution in [2.24, 2.45) is 11.8 Å². The van der Waals surface area contributed by atoms with Gasteiger partial charge in [0.1, 0.15) is 0 Å². The smallest absolute Gasteiger partial charge is 0.306 e. The third-order valence-electron chi connectivity index (χ3n) is 5.01. The second-order valence-electron chi connectivity index (χ2n) is 8.03. The Balaban J connectivity index is 3.44. The highest BCUT2D eigenvalue weighted by Crippen LogP contribution is 2.19. The lowest BCUT2D eigenvalue weighted by atomic mass is 9.93. The van der Waals surface area contributed by atoms with Crippen molar-refractivity contribution in [1.29, 1.82) is 0 Å². The third kappa shape index (κ3) is 17.8. The number of carboxylic acids is 1. The zero-order valence-corrected chi connectivity index (χ0v) is 17.3. The molecule has 0 radical (unpaired) electrons. The summed E-state index contributed by atoms with van der Waals surface area (Å²) in [6, 6.07) is 0. The minimum atomic E-state index is -0.599. The summed E-state index contributed by atoms with van der Waals surface area (Å²) >= 11 is 0. The molecule has 0 saturated heterocycles. The van der Waals surface area contributed by atoms with E-state index < -0.39 is 5.97 Å². The van der Waals surface area contributed by atoms with Gasteiger partial charge in [-0.1, -0.05) is 90.7 Å². The molecule has 0 aromatic rings. The summed E-state index contributed by atoms with van der Waals surface area (Å²) in [5, 5.41) is 9.28. The molecule has 0 amide bonds. The summed E-state index contributed by atoms with van der Waals surface area (Å²) < 4.78 is 0. The molecule has 0 aliphatic carbocycles. The standard InChI is InChI=1S/C23H44O2/c1-4-5-6-7-8-9-10-11-12-13-14-15-16-17-18-22(23(24)25)20-19-21(2)3/h11-12,21-22H,4-10,13-20H2,1-3H3,(H,24,25)/b12-11-. The Morgan fingerprint density at radius 2 is 1.28 bits per heavy atom. The summed E-state index contributed by atoms with van der Waals surface area (Å²) in [5.74, 6) is -0.122. The number of carbonyl (C=O) groups is 1. The van der Waals surface area contributed by atoms with E-state index in [9.17, 15) is 9.90 Å². The molecular weight excluding hydrogens is 308 g/mol. The van der Waals surface area contributed by atoms with Gasteiger partial charge in [-0.3, -0.25) is 4.79 Å². The summed E-state index contributed by atoms with van der Waals surface area (Å²) in [6.07, 6.45) is 22.8. The van der Waals surface area contributed by atoms with Crippen molar-refractivity contribution in [3.8, 4) is 0 Å². The van der Waals surface area contributed by atoms with E-state index in [0.717, 1.165) is 25.7 Å². The van der Waals surface area contributed by atoms with Crippen LogP contribution < -0.4 is 0 Å². The van der Waals surface area contributed by atoms with Gasteiger partial charge < -0.3 is 5.11 Å². The van der Waals surface area contributed by atoms with Gasteiger partial charge in [-0.05, 0) is 44.4 Å². The highest BCUT2D eigenvalue weighted by Gasteiger charge is 2.16. The quantitative estimate of drug-likeness (QED) is 0.202. The molecule has 0 bridgehead atoms. The minimum Gasteiger partial charge on any atom is -0.481 e. The van der Waals surface area contributed by atoms with Crippen molar-refractivity contribution in [3.05, 3.63) is 12.2 Å². The third-order valence-corrected chi connectivity index (χ3v) is 5.01. The number of aliphatic carboxylic acids is 1. The summed E-state index contributed by atoms with van der Waals surface area (Å²) in [7, 11) is 0. The Morgan fingerprint density at radius 1 is 0.760 bits per heavy atom. The summed E-state index contributed by atoms with van der Waals surface area (Å²) in [5.41, 5.74) is 0. The average Bonchev–Trinajstić information content (AvgIpc) is 2.57. The minimum absolute atomic E-state index is 0.125. The Morgan fingerprint density at radius 3 is 1.80 bits per heavy atom. The van der Waals surface area contributed by atoms with E-state index in [1.54, 1.807) is 0 Å². The molecule has 0 aromatic carbocycles. The van der Waals surface area contributed by atoms with Crippen molar-refractivity contribution in [3.63, 3.8) is 0 Å².